The summed E-state index contributed by atoms with van der Waals surface area (Å²) in [5.41, 5.74) is 0.779. The normalized spacial score (nSPS) is 15.9. The van der Waals surface area contributed by atoms with Crippen LogP contribution in [0.25, 0.3) is 0 Å². The Morgan fingerprint density at radius 1 is 1.38 bits per heavy atom. The van der Waals surface area contributed by atoms with Crippen molar-refractivity contribution in [3.8, 4) is 0 Å². The van der Waals surface area contributed by atoms with E-state index in [2.05, 4.69) is 30.6 Å². The Labute approximate surface area is 108 Å². The second kappa shape index (κ2) is 5.44. The number of hydrogen-bond acceptors (Lipinski definition) is 4. The summed E-state index contributed by atoms with van der Waals surface area (Å²) in [5, 5.41) is 0. The molecule has 0 radical (unpaired) electrons. The molecule has 0 fully saturated rings. The van der Waals surface area contributed by atoms with E-state index in [0.29, 0.717) is 4.60 Å². The van der Waals surface area contributed by atoms with Gasteiger partial charge in [0, 0.05) is 11.4 Å². The van der Waals surface area contributed by atoms with Crippen molar-refractivity contribution in [2.45, 2.75) is 38.5 Å². The molecule has 0 bridgehead atoms. The molecule has 0 saturated carbocycles. The number of hydrogen-bond donors (Lipinski definition) is 1. The van der Waals surface area contributed by atoms with Crippen molar-refractivity contribution in [2.24, 2.45) is 0 Å². The molecular formula is C10H16BrN3OS. The molecule has 16 heavy (non-hydrogen) atoms. The van der Waals surface area contributed by atoms with Gasteiger partial charge in [0.2, 0.25) is 0 Å². The summed E-state index contributed by atoms with van der Waals surface area (Å²) in [6, 6.07) is -0.0827. The first-order valence-electron chi connectivity index (χ1n) is 4.96. The molecule has 0 amide bonds. The van der Waals surface area contributed by atoms with Crippen molar-refractivity contribution in [3.05, 3.63) is 22.7 Å². The van der Waals surface area contributed by atoms with Crippen LogP contribution in [0, 0.1) is 0 Å². The van der Waals surface area contributed by atoms with Crippen LogP contribution in [0.2, 0.25) is 0 Å². The summed E-state index contributed by atoms with van der Waals surface area (Å²) < 4.78 is 15.3. The number of aromatic nitrogens is 2. The summed E-state index contributed by atoms with van der Waals surface area (Å²) >= 11 is 2.12. The third kappa shape index (κ3) is 4.01. The monoisotopic (exact) mass is 305 g/mol. The molecule has 1 aromatic heterocycles. The smallest absolute Gasteiger partial charge is 0.136 e. The molecule has 6 heteroatoms. The number of rotatable bonds is 3. The standard InChI is InChI=1S/C10H16BrN3OS/c1-7(14-16(15)10(2,3)4)8-5-13-9(11)6-12-8/h5-7,14H,1-4H3/t7-,16?/m0/s1. The highest BCUT2D eigenvalue weighted by atomic mass is 79.9. The predicted octanol–water partition coefficient (Wildman–Crippen LogP) is 2.35. The van der Waals surface area contributed by atoms with Crippen molar-refractivity contribution in [1.29, 1.82) is 0 Å². The fourth-order valence-electron chi connectivity index (χ4n) is 0.944. The van der Waals surface area contributed by atoms with Crippen LogP contribution in [0.3, 0.4) is 0 Å². The first kappa shape index (κ1) is 13.9. The zero-order valence-corrected chi connectivity index (χ0v) is 12.2. The van der Waals surface area contributed by atoms with E-state index in [9.17, 15) is 4.55 Å². The van der Waals surface area contributed by atoms with Gasteiger partial charge in [0.1, 0.15) is 9.35 Å². The van der Waals surface area contributed by atoms with Gasteiger partial charge in [-0.15, -0.1) is 4.72 Å². The predicted molar refractivity (Wildman–Crippen MR) is 69.2 cm³/mol. The van der Waals surface area contributed by atoms with Gasteiger partial charge >= 0.3 is 0 Å². The third-order valence-electron chi connectivity index (χ3n) is 1.92. The maximum absolute atomic E-state index is 11.9. The molecule has 1 aromatic rings. The topological polar surface area (TPSA) is 60.9 Å². The fraction of sp³-hybridized carbons (Fsp3) is 0.600. The molecule has 1 unspecified atom stereocenters. The van der Waals surface area contributed by atoms with Crippen molar-refractivity contribution >= 4 is 27.3 Å². The minimum Gasteiger partial charge on any atom is -0.598 e. The van der Waals surface area contributed by atoms with Gasteiger partial charge in [-0.25, -0.2) is 4.98 Å². The van der Waals surface area contributed by atoms with Crippen molar-refractivity contribution < 1.29 is 4.55 Å². The molecule has 0 aliphatic heterocycles. The first-order valence-corrected chi connectivity index (χ1v) is 6.90. The lowest BCUT2D eigenvalue weighted by atomic mass is 10.3. The van der Waals surface area contributed by atoms with Crippen LogP contribution in [0.4, 0.5) is 0 Å². The second-order valence-corrected chi connectivity index (χ2v) is 7.30. The molecule has 90 valence electrons. The molecule has 0 aliphatic rings. The summed E-state index contributed by atoms with van der Waals surface area (Å²) in [7, 11) is 0. The first-order chi connectivity index (χ1) is 7.30. The van der Waals surface area contributed by atoms with Crippen LogP contribution in [0.5, 0.6) is 0 Å². The second-order valence-electron chi connectivity index (χ2n) is 4.48. The van der Waals surface area contributed by atoms with Gasteiger partial charge in [0.25, 0.3) is 0 Å². The maximum Gasteiger partial charge on any atom is 0.136 e. The van der Waals surface area contributed by atoms with E-state index in [-0.39, 0.29) is 10.8 Å². The Balaban J connectivity index is 2.65. The van der Waals surface area contributed by atoms with E-state index in [1.54, 1.807) is 12.4 Å². The lowest BCUT2D eigenvalue weighted by Gasteiger charge is -2.26. The van der Waals surface area contributed by atoms with Gasteiger partial charge in [-0.1, -0.05) is 0 Å². The lowest BCUT2D eigenvalue weighted by molar-refractivity contribution is 0.528. The van der Waals surface area contributed by atoms with Crippen molar-refractivity contribution in [1.82, 2.24) is 14.7 Å². The molecule has 0 spiro atoms. The van der Waals surface area contributed by atoms with Gasteiger partial charge in [0.15, 0.2) is 0 Å². The van der Waals surface area contributed by atoms with Crippen LogP contribution in [-0.4, -0.2) is 19.3 Å². The highest BCUT2D eigenvalue weighted by Crippen LogP contribution is 2.18. The average Bonchev–Trinajstić information content (AvgIpc) is 2.17. The van der Waals surface area contributed by atoms with Gasteiger partial charge in [0.05, 0.1) is 24.1 Å². The molecule has 4 nitrogen and oxygen atoms in total. The minimum atomic E-state index is -1.10. The molecule has 1 heterocycles. The highest BCUT2D eigenvalue weighted by molar-refractivity contribution is 9.10. The van der Waals surface area contributed by atoms with Crippen LogP contribution >= 0.6 is 15.9 Å². The van der Waals surface area contributed by atoms with E-state index in [1.165, 1.54) is 0 Å². The van der Waals surface area contributed by atoms with Crippen LogP contribution < -0.4 is 4.72 Å². The quantitative estimate of drug-likeness (QED) is 0.871. The van der Waals surface area contributed by atoms with Crippen LogP contribution in [0.1, 0.15) is 39.4 Å². The largest absolute Gasteiger partial charge is 0.598 e. The maximum atomic E-state index is 11.9. The van der Waals surface area contributed by atoms with Gasteiger partial charge in [-0.05, 0) is 43.6 Å². The molecule has 0 aliphatic carbocycles. The van der Waals surface area contributed by atoms with E-state index < -0.39 is 11.4 Å². The molecule has 2 atom stereocenters. The zero-order chi connectivity index (χ0) is 12.3. The highest BCUT2D eigenvalue weighted by Gasteiger charge is 2.28. The van der Waals surface area contributed by atoms with E-state index in [0.717, 1.165) is 5.69 Å². The summed E-state index contributed by atoms with van der Waals surface area (Å²) in [4.78, 5) is 8.29. The SMILES string of the molecule is C[C@H](N[S+]([O-])C(C)(C)C)c1cnc(Br)cn1. The Bertz CT molecular complexity index is 339. The number of nitrogens with one attached hydrogen (secondary N) is 1. The van der Waals surface area contributed by atoms with Gasteiger partial charge < -0.3 is 4.55 Å². The third-order valence-corrected chi connectivity index (χ3v) is 4.01. The van der Waals surface area contributed by atoms with Crippen molar-refractivity contribution in [2.75, 3.05) is 0 Å². The average molecular weight is 306 g/mol. The summed E-state index contributed by atoms with van der Waals surface area (Å²) in [6.07, 6.45) is 3.30. The van der Waals surface area contributed by atoms with Crippen molar-refractivity contribution in [3.63, 3.8) is 0 Å². The lowest BCUT2D eigenvalue weighted by Crippen LogP contribution is -2.40. The Kier molecular flexibility index (Phi) is 4.73. The van der Waals surface area contributed by atoms with E-state index in [4.69, 9.17) is 0 Å². The fourth-order valence-corrected chi connectivity index (χ4v) is 1.94. The Morgan fingerprint density at radius 3 is 2.44 bits per heavy atom. The summed E-state index contributed by atoms with van der Waals surface area (Å²) in [5.74, 6) is 0. The van der Waals surface area contributed by atoms with E-state index >= 15 is 0 Å². The molecule has 1 N–H and O–H groups in total. The van der Waals surface area contributed by atoms with E-state index in [1.807, 2.05) is 27.7 Å². The van der Waals surface area contributed by atoms with Crippen LogP contribution in [0.15, 0.2) is 17.0 Å². The number of nitrogens with zero attached hydrogens (tertiary/aromatic N) is 2. The van der Waals surface area contributed by atoms with Crippen LogP contribution in [-0.2, 0) is 11.4 Å². The molecular weight excluding hydrogens is 290 g/mol. The van der Waals surface area contributed by atoms with Gasteiger partial charge in [-0.3, -0.25) is 4.98 Å². The Morgan fingerprint density at radius 2 is 2.00 bits per heavy atom. The van der Waals surface area contributed by atoms with Gasteiger partial charge in [-0.2, -0.15) is 0 Å². The molecule has 0 aromatic carbocycles. The number of halogens is 1. The minimum absolute atomic E-state index is 0.0827. The molecule has 1 rings (SSSR count). The zero-order valence-electron chi connectivity index (χ0n) is 9.82. The molecule has 0 saturated heterocycles. The Hall–Kier alpha value is -0.170. The summed E-state index contributed by atoms with van der Waals surface area (Å²) in [6.45, 7) is 7.70.